The summed E-state index contributed by atoms with van der Waals surface area (Å²) in [5, 5.41) is 3.14. The van der Waals surface area contributed by atoms with Crippen molar-refractivity contribution in [3.8, 4) is 0 Å². The highest BCUT2D eigenvalue weighted by Crippen LogP contribution is 2.29. The Morgan fingerprint density at radius 2 is 1.81 bits per heavy atom. The number of piperazine rings is 1. The van der Waals surface area contributed by atoms with E-state index in [1.165, 1.54) is 18.4 Å². The molecule has 142 valence electrons. The van der Waals surface area contributed by atoms with E-state index in [0.29, 0.717) is 6.54 Å². The molecule has 0 aliphatic carbocycles. The number of nitrogens with zero attached hydrogens (tertiary/aromatic N) is 4. The van der Waals surface area contributed by atoms with Crippen LogP contribution in [0, 0.1) is 0 Å². The van der Waals surface area contributed by atoms with E-state index in [1.807, 2.05) is 35.2 Å². The SMILES string of the molecule is CN1CCN(C(=O)Nc2cccnc2N2CCCC2)[C@H](c2ccccc2)C1. The van der Waals surface area contributed by atoms with Crippen molar-refractivity contribution in [1.82, 2.24) is 14.8 Å². The molecule has 2 amide bonds. The average molecular weight is 365 g/mol. The fraction of sp³-hybridized carbons (Fsp3) is 0.429. The number of urea groups is 1. The van der Waals surface area contributed by atoms with Crippen LogP contribution >= 0.6 is 0 Å². The predicted octanol–water partition coefficient (Wildman–Crippen LogP) is 3.20. The number of hydrogen-bond acceptors (Lipinski definition) is 4. The zero-order valence-electron chi connectivity index (χ0n) is 15.8. The molecule has 1 aromatic carbocycles. The number of nitrogens with one attached hydrogen (secondary N) is 1. The number of carbonyl (C=O) groups is 1. The van der Waals surface area contributed by atoms with Crippen molar-refractivity contribution in [3.05, 3.63) is 54.2 Å². The monoisotopic (exact) mass is 365 g/mol. The minimum Gasteiger partial charge on any atom is -0.355 e. The number of amides is 2. The van der Waals surface area contributed by atoms with Gasteiger partial charge in [0.05, 0.1) is 11.7 Å². The van der Waals surface area contributed by atoms with Crippen LogP contribution in [0.5, 0.6) is 0 Å². The molecule has 2 aliphatic rings. The first kappa shape index (κ1) is 17.8. The summed E-state index contributed by atoms with van der Waals surface area (Å²) in [6.07, 6.45) is 4.16. The highest BCUT2D eigenvalue weighted by atomic mass is 16.2. The van der Waals surface area contributed by atoms with Crippen LogP contribution in [0.25, 0.3) is 0 Å². The Bertz CT molecular complexity index is 775. The Morgan fingerprint density at radius 1 is 1.04 bits per heavy atom. The maximum Gasteiger partial charge on any atom is 0.322 e. The molecule has 0 unspecified atom stereocenters. The summed E-state index contributed by atoms with van der Waals surface area (Å²) >= 11 is 0. The molecule has 6 nitrogen and oxygen atoms in total. The molecule has 1 atom stereocenters. The van der Waals surface area contributed by atoms with Gasteiger partial charge in [-0.15, -0.1) is 0 Å². The molecular weight excluding hydrogens is 338 g/mol. The Hall–Kier alpha value is -2.60. The van der Waals surface area contributed by atoms with Crippen molar-refractivity contribution in [2.45, 2.75) is 18.9 Å². The van der Waals surface area contributed by atoms with E-state index in [2.05, 4.69) is 39.3 Å². The quantitative estimate of drug-likeness (QED) is 0.908. The maximum atomic E-state index is 13.2. The molecule has 2 fully saturated rings. The lowest BCUT2D eigenvalue weighted by Crippen LogP contribution is -2.50. The van der Waals surface area contributed by atoms with E-state index in [4.69, 9.17) is 0 Å². The van der Waals surface area contributed by atoms with Gasteiger partial charge in [-0.05, 0) is 37.6 Å². The van der Waals surface area contributed by atoms with E-state index in [-0.39, 0.29) is 12.1 Å². The number of pyridine rings is 1. The lowest BCUT2D eigenvalue weighted by Gasteiger charge is -2.40. The third-order valence-corrected chi connectivity index (χ3v) is 5.46. The van der Waals surface area contributed by atoms with E-state index in [9.17, 15) is 4.79 Å². The normalized spacial score (nSPS) is 20.7. The molecule has 27 heavy (non-hydrogen) atoms. The molecule has 1 N–H and O–H groups in total. The number of benzene rings is 1. The van der Waals surface area contributed by atoms with E-state index in [1.54, 1.807) is 6.20 Å². The molecule has 1 aromatic heterocycles. The van der Waals surface area contributed by atoms with Crippen LogP contribution in [0.3, 0.4) is 0 Å². The number of anilines is 2. The van der Waals surface area contributed by atoms with Crippen LogP contribution < -0.4 is 10.2 Å². The Labute approximate surface area is 160 Å². The number of rotatable bonds is 3. The largest absolute Gasteiger partial charge is 0.355 e. The smallest absolute Gasteiger partial charge is 0.322 e. The molecule has 0 radical (unpaired) electrons. The first-order chi connectivity index (χ1) is 13.2. The van der Waals surface area contributed by atoms with E-state index >= 15 is 0 Å². The summed E-state index contributed by atoms with van der Waals surface area (Å²) in [6, 6.07) is 14.1. The summed E-state index contributed by atoms with van der Waals surface area (Å²) in [6.45, 7) is 4.43. The lowest BCUT2D eigenvalue weighted by atomic mass is 10.0. The average Bonchev–Trinajstić information content (AvgIpc) is 3.23. The molecular formula is C21H27N5O. The molecule has 2 aliphatic heterocycles. The third kappa shape index (κ3) is 3.90. The summed E-state index contributed by atoms with van der Waals surface area (Å²) in [5.41, 5.74) is 1.97. The minimum atomic E-state index is -0.0506. The summed E-state index contributed by atoms with van der Waals surface area (Å²) < 4.78 is 0. The van der Waals surface area contributed by atoms with Crippen LogP contribution in [0.4, 0.5) is 16.3 Å². The van der Waals surface area contributed by atoms with Gasteiger partial charge in [0.15, 0.2) is 5.82 Å². The van der Waals surface area contributed by atoms with Crippen LogP contribution in [-0.2, 0) is 0 Å². The zero-order valence-corrected chi connectivity index (χ0v) is 15.8. The van der Waals surface area contributed by atoms with Crippen molar-refractivity contribution in [1.29, 1.82) is 0 Å². The number of hydrogen-bond donors (Lipinski definition) is 1. The fourth-order valence-corrected chi connectivity index (χ4v) is 3.99. The predicted molar refractivity (Wildman–Crippen MR) is 108 cm³/mol. The molecule has 0 spiro atoms. The van der Waals surface area contributed by atoms with Gasteiger partial charge in [-0.2, -0.15) is 0 Å². The molecule has 0 bridgehead atoms. The van der Waals surface area contributed by atoms with Gasteiger partial charge in [-0.3, -0.25) is 0 Å². The highest BCUT2D eigenvalue weighted by molar-refractivity contribution is 5.92. The van der Waals surface area contributed by atoms with Gasteiger partial charge < -0.3 is 20.0 Å². The third-order valence-electron chi connectivity index (χ3n) is 5.46. The first-order valence-electron chi connectivity index (χ1n) is 9.73. The second-order valence-electron chi connectivity index (χ2n) is 7.38. The van der Waals surface area contributed by atoms with Crippen molar-refractivity contribution in [2.75, 3.05) is 50.0 Å². The molecule has 4 rings (SSSR count). The van der Waals surface area contributed by atoms with Gasteiger partial charge >= 0.3 is 6.03 Å². The van der Waals surface area contributed by atoms with Gasteiger partial charge in [-0.1, -0.05) is 30.3 Å². The molecule has 6 heteroatoms. The number of aromatic nitrogens is 1. The summed E-state index contributed by atoms with van der Waals surface area (Å²) in [4.78, 5) is 24.2. The summed E-state index contributed by atoms with van der Waals surface area (Å²) in [5.74, 6) is 0.883. The van der Waals surface area contributed by atoms with Gasteiger partial charge in [0.2, 0.25) is 0 Å². The Morgan fingerprint density at radius 3 is 2.59 bits per heavy atom. The highest BCUT2D eigenvalue weighted by Gasteiger charge is 2.31. The van der Waals surface area contributed by atoms with Gasteiger partial charge in [0.25, 0.3) is 0 Å². The standard InChI is InChI=1S/C21H27N5O/c1-24-14-15-26(19(16-24)17-8-3-2-4-9-17)21(27)23-18-10-7-11-22-20(18)25-12-5-6-13-25/h2-4,7-11,19H,5-6,12-16H2,1H3,(H,23,27)/t19-/m0/s1. The van der Waals surface area contributed by atoms with Gasteiger partial charge in [-0.25, -0.2) is 9.78 Å². The maximum absolute atomic E-state index is 13.2. The molecule has 3 heterocycles. The lowest BCUT2D eigenvalue weighted by molar-refractivity contribution is 0.117. The van der Waals surface area contributed by atoms with Crippen LogP contribution in [-0.4, -0.2) is 60.6 Å². The zero-order chi connectivity index (χ0) is 18.6. The molecule has 0 saturated carbocycles. The second-order valence-corrected chi connectivity index (χ2v) is 7.38. The van der Waals surface area contributed by atoms with Crippen molar-refractivity contribution in [3.63, 3.8) is 0 Å². The van der Waals surface area contributed by atoms with Crippen molar-refractivity contribution in [2.24, 2.45) is 0 Å². The fourth-order valence-electron chi connectivity index (χ4n) is 3.99. The Balaban J connectivity index is 1.55. The van der Waals surface area contributed by atoms with E-state index in [0.717, 1.165) is 37.7 Å². The van der Waals surface area contributed by atoms with Gasteiger partial charge in [0.1, 0.15) is 0 Å². The second kappa shape index (κ2) is 7.96. The topological polar surface area (TPSA) is 51.7 Å². The van der Waals surface area contributed by atoms with Gasteiger partial charge in [0, 0.05) is 38.9 Å². The molecule has 2 aromatic rings. The number of carbonyl (C=O) groups excluding carboxylic acids is 1. The van der Waals surface area contributed by atoms with Crippen molar-refractivity contribution >= 4 is 17.5 Å². The Kier molecular flexibility index (Phi) is 5.25. The van der Waals surface area contributed by atoms with Crippen LogP contribution in [0.1, 0.15) is 24.4 Å². The van der Waals surface area contributed by atoms with Crippen LogP contribution in [0.15, 0.2) is 48.7 Å². The molecule has 2 saturated heterocycles. The van der Waals surface area contributed by atoms with Crippen LogP contribution in [0.2, 0.25) is 0 Å². The first-order valence-corrected chi connectivity index (χ1v) is 9.73. The number of likely N-dealkylation sites (N-methyl/N-ethyl adjacent to an activating group) is 1. The van der Waals surface area contributed by atoms with Crippen molar-refractivity contribution < 1.29 is 4.79 Å². The van der Waals surface area contributed by atoms with E-state index < -0.39 is 0 Å². The summed E-state index contributed by atoms with van der Waals surface area (Å²) in [7, 11) is 2.11. The minimum absolute atomic E-state index is 0.0506.